The molecule has 0 heterocycles. The van der Waals surface area contributed by atoms with Crippen LogP contribution in [0.1, 0.15) is 25.3 Å². The van der Waals surface area contributed by atoms with Gasteiger partial charge in [-0.2, -0.15) is 0 Å². The Labute approximate surface area is 131 Å². The molecule has 0 saturated carbocycles. The van der Waals surface area contributed by atoms with Crippen molar-refractivity contribution in [3.63, 3.8) is 0 Å². The van der Waals surface area contributed by atoms with Crippen molar-refractivity contribution in [3.05, 3.63) is 23.8 Å². The van der Waals surface area contributed by atoms with Crippen molar-refractivity contribution in [3.8, 4) is 11.5 Å². The molecular weight excluding hydrogens is 284 g/mol. The molecule has 6 heteroatoms. The fourth-order valence-corrected chi connectivity index (χ4v) is 1.96. The number of benzene rings is 1. The molecule has 0 radical (unpaired) electrons. The predicted octanol–water partition coefficient (Wildman–Crippen LogP) is 1.28. The van der Waals surface area contributed by atoms with E-state index in [9.17, 15) is 9.59 Å². The molecule has 0 aliphatic rings. The van der Waals surface area contributed by atoms with Gasteiger partial charge in [0.15, 0.2) is 11.5 Å². The average Bonchev–Trinajstić information content (AvgIpc) is 2.51. The van der Waals surface area contributed by atoms with Gasteiger partial charge in [-0.25, -0.2) is 0 Å². The molecular formula is C16H24N2O4. The summed E-state index contributed by atoms with van der Waals surface area (Å²) in [6.45, 7) is 2.81. The molecule has 0 aromatic heterocycles. The lowest BCUT2D eigenvalue weighted by Gasteiger charge is -2.10. The van der Waals surface area contributed by atoms with E-state index in [0.717, 1.165) is 12.0 Å². The third kappa shape index (κ3) is 6.03. The Kier molecular flexibility index (Phi) is 7.81. The number of hydrogen-bond acceptors (Lipinski definition) is 4. The van der Waals surface area contributed by atoms with E-state index in [1.54, 1.807) is 26.4 Å². The van der Waals surface area contributed by atoms with Crippen molar-refractivity contribution >= 4 is 11.8 Å². The number of ether oxygens (including phenoxy) is 2. The van der Waals surface area contributed by atoms with Gasteiger partial charge in [0.2, 0.25) is 11.8 Å². The van der Waals surface area contributed by atoms with Gasteiger partial charge in [-0.1, -0.05) is 13.0 Å². The second-order valence-corrected chi connectivity index (χ2v) is 4.82. The van der Waals surface area contributed by atoms with E-state index in [1.165, 1.54) is 0 Å². The number of amides is 2. The molecule has 0 unspecified atom stereocenters. The van der Waals surface area contributed by atoms with E-state index in [-0.39, 0.29) is 18.2 Å². The number of carbonyl (C=O) groups is 2. The Hall–Kier alpha value is -2.24. The summed E-state index contributed by atoms with van der Waals surface area (Å²) in [5, 5.41) is 5.51. The first-order chi connectivity index (χ1) is 10.6. The Morgan fingerprint density at radius 2 is 1.64 bits per heavy atom. The van der Waals surface area contributed by atoms with Crippen LogP contribution >= 0.6 is 0 Å². The van der Waals surface area contributed by atoms with Crippen molar-refractivity contribution in [1.82, 2.24) is 10.6 Å². The summed E-state index contributed by atoms with van der Waals surface area (Å²) in [6, 6.07) is 5.37. The third-order valence-electron chi connectivity index (χ3n) is 3.06. The first-order valence-corrected chi connectivity index (χ1v) is 7.35. The molecule has 1 rings (SSSR count). The molecule has 0 bridgehead atoms. The average molecular weight is 308 g/mol. The predicted molar refractivity (Wildman–Crippen MR) is 84.2 cm³/mol. The van der Waals surface area contributed by atoms with E-state index < -0.39 is 0 Å². The number of carbonyl (C=O) groups excluding carboxylic acids is 2. The van der Waals surface area contributed by atoms with Gasteiger partial charge in [-0.3, -0.25) is 9.59 Å². The van der Waals surface area contributed by atoms with Crippen molar-refractivity contribution in [2.75, 3.05) is 27.3 Å². The molecule has 22 heavy (non-hydrogen) atoms. The molecule has 1 aromatic rings. The number of rotatable bonds is 9. The molecule has 122 valence electrons. The number of methoxy groups -OCH3 is 2. The van der Waals surface area contributed by atoms with Crippen LogP contribution in [0.5, 0.6) is 11.5 Å². The van der Waals surface area contributed by atoms with E-state index in [2.05, 4.69) is 10.6 Å². The Morgan fingerprint density at radius 1 is 1.00 bits per heavy atom. The van der Waals surface area contributed by atoms with Crippen LogP contribution in [0.3, 0.4) is 0 Å². The lowest BCUT2D eigenvalue weighted by atomic mass is 10.1. The minimum atomic E-state index is -0.100. The van der Waals surface area contributed by atoms with Gasteiger partial charge in [0.1, 0.15) is 0 Å². The highest BCUT2D eigenvalue weighted by Gasteiger charge is 2.08. The summed E-state index contributed by atoms with van der Waals surface area (Å²) in [7, 11) is 3.12. The number of hydrogen-bond donors (Lipinski definition) is 2. The largest absolute Gasteiger partial charge is 0.493 e. The minimum absolute atomic E-state index is 0.0108. The summed E-state index contributed by atoms with van der Waals surface area (Å²) in [5.41, 5.74) is 0.838. The molecule has 0 aliphatic heterocycles. The molecule has 2 N–H and O–H groups in total. The monoisotopic (exact) mass is 308 g/mol. The van der Waals surface area contributed by atoms with E-state index >= 15 is 0 Å². The Balaban J connectivity index is 2.37. The van der Waals surface area contributed by atoms with Crippen LogP contribution in [0, 0.1) is 0 Å². The molecule has 1 aromatic carbocycles. The lowest BCUT2D eigenvalue weighted by Crippen LogP contribution is -2.35. The summed E-state index contributed by atoms with van der Waals surface area (Å²) in [5.74, 6) is 1.14. The summed E-state index contributed by atoms with van der Waals surface area (Å²) >= 11 is 0. The molecule has 0 aliphatic carbocycles. The highest BCUT2D eigenvalue weighted by atomic mass is 16.5. The van der Waals surface area contributed by atoms with Crippen LogP contribution in [0.25, 0.3) is 0 Å². The summed E-state index contributed by atoms with van der Waals surface area (Å²) in [4.78, 5) is 23.1. The van der Waals surface area contributed by atoms with Gasteiger partial charge in [0.05, 0.1) is 20.6 Å². The van der Waals surface area contributed by atoms with E-state index in [4.69, 9.17) is 9.47 Å². The van der Waals surface area contributed by atoms with Gasteiger partial charge >= 0.3 is 0 Å². The van der Waals surface area contributed by atoms with Crippen LogP contribution in [0.4, 0.5) is 0 Å². The van der Waals surface area contributed by atoms with Gasteiger partial charge in [0, 0.05) is 19.5 Å². The maximum Gasteiger partial charge on any atom is 0.224 e. The fourth-order valence-electron chi connectivity index (χ4n) is 1.96. The van der Waals surface area contributed by atoms with Gasteiger partial charge in [0.25, 0.3) is 0 Å². The molecule has 0 fully saturated rings. The second kappa shape index (κ2) is 9.65. The Bertz CT molecular complexity index is 503. The SMILES string of the molecule is CCCC(=O)NCCNC(=O)Cc1ccc(OC)c(OC)c1. The topological polar surface area (TPSA) is 76.7 Å². The van der Waals surface area contributed by atoms with Crippen LogP contribution in [0.2, 0.25) is 0 Å². The van der Waals surface area contributed by atoms with Crippen molar-refractivity contribution in [1.29, 1.82) is 0 Å². The smallest absolute Gasteiger partial charge is 0.224 e. The first-order valence-electron chi connectivity index (χ1n) is 7.35. The van der Waals surface area contributed by atoms with Gasteiger partial charge in [-0.05, 0) is 24.1 Å². The highest BCUT2D eigenvalue weighted by Crippen LogP contribution is 2.27. The quantitative estimate of drug-likeness (QED) is 0.674. The molecule has 6 nitrogen and oxygen atoms in total. The van der Waals surface area contributed by atoms with Gasteiger partial charge in [-0.15, -0.1) is 0 Å². The van der Waals surface area contributed by atoms with E-state index in [0.29, 0.717) is 31.0 Å². The standard InChI is InChI=1S/C16H24N2O4/c1-4-5-15(19)17-8-9-18-16(20)11-12-6-7-13(21-2)14(10-12)22-3/h6-7,10H,4-5,8-9,11H2,1-3H3,(H,17,19)(H,18,20). The molecule has 0 spiro atoms. The molecule has 2 amide bonds. The normalized spacial score (nSPS) is 9.95. The van der Waals surface area contributed by atoms with Crippen LogP contribution in [0.15, 0.2) is 18.2 Å². The number of nitrogens with one attached hydrogen (secondary N) is 2. The highest BCUT2D eigenvalue weighted by molar-refractivity contribution is 5.79. The zero-order valence-electron chi connectivity index (χ0n) is 13.4. The van der Waals surface area contributed by atoms with Crippen LogP contribution in [-0.4, -0.2) is 39.1 Å². The molecule has 0 saturated heterocycles. The third-order valence-corrected chi connectivity index (χ3v) is 3.06. The maximum atomic E-state index is 11.8. The zero-order chi connectivity index (χ0) is 16.4. The Morgan fingerprint density at radius 3 is 2.23 bits per heavy atom. The summed E-state index contributed by atoms with van der Waals surface area (Å²) < 4.78 is 10.4. The zero-order valence-corrected chi connectivity index (χ0v) is 13.4. The maximum absolute atomic E-state index is 11.8. The first kappa shape index (κ1) is 17.8. The van der Waals surface area contributed by atoms with Crippen molar-refractivity contribution in [2.24, 2.45) is 0 Å². The van der Waals surface area contributed by atoms with Crippen molar-refractivity contribution < 1.29 is 19.1 Å². The summed E-state index contributed by atoms with van der Waals surface area (Å²) in [6.07, 6.45) is 1.58. The minimum Gasteiger partial charge on any atom is -0.493 e. The second-order valence-electron chi connectivity index (χ2n) is 4.82. The van der Waals surface area contributed by atoms with E-state index in [1.807, 2.05) is 13.0 Å². The lowest BCUT2D eigenvalue weighted by molar-refractivity contribution is -0.122. The fraction of sp³-hybridized carbons (Fsp3) is 0.500. The van der Waals surface area contributed by atoms with Gasteiger partial charge < -0.3 is 20.1 Å². The molecule has 0 atom stereocenters. The van der Waals surface area contributed by atoms with Crippen LogP contribution < -0.4 is 20.1 Å². The van der Waals surface area contributed by atoms with Crippen molar-refractivity contribution in [2.45, 2.75) is 26.2 Å². The van der Waals surface area contributed by atoms with Crippen LogP contribution in [-0.2, 0) is 16.0 Å².